The average Bonchev–Trinajstić information content (AvgIpc) is 2.28. The Morgan fingerprint density at radius 3 is 2.82 bits per heavy atom. The Morgan fingerprint density at radius 1 is 1.41 bits per heavy atom. The molecule has 0 atom stereocenters. The standard InChI is InChI=1S/C13H18N2OS/c1-10(2)7-8-14-13(16)15-11-5-4-6-12(9-11)17-3/h4-10H,1-3H3,(H2,14,15,16)/b8-7+. The van der Waals surface area contributed by atoms with Crippen LogP contribution in [-0.4, -0.2) is 12.3 Å². The first-order valence-corrected chi connectivity index (χ1v) is 6.72. The van der Waals surface area contributed by atoms with E-state index in [2.05, 4.69) is 24.5 Å². The number of nitrogens with one attached hydrogen (secondary N) is 2. The van der Waals surface area contributed by atoms with Crippen molar-refractivity contribution in [3.63, 3.8) is 0 Å². The lowest BCUT2D eigenvalue weighted by Gasteiger charge is -2.06. The van der Waals surface area contributed by atoms with E-state index in [4.69, 9.17) is 0 Å². The van der Waals surface area contributed by atoms with Gasteiger partial charge in [0.15, 0.2) is 0 Å². The van der Waals surface area contributed by atoms with Gasteiger partial charge in [0, 0.05) is 16.8 Å². The monoisotopic (exact) mass is 250 g/mol. The van der Waals surface area contributed by atoms with Crippen molar-refractivity contribution in [3.8, 4) is 0 Å². The maximum Gasteiger partial charge on any atom is 0.323 e. The molecule has 1 rings (SSSR count). The molecule has 0 aliphatic carbocycles. The number of hydrogen-bond acceptors (Lipinski definition) is 2. The van der Waals surface area contributed by atoms with Crippen LogP contribution in [0.3, 0.4) is 0 Å². The number of carbonyl (C=O) groups is 1. The van der Waals surface area contributed by atoms with Gasteiger partial charge in [0.05, 0.1) is 0 Å². The zero-order valence-electron chi connectivity index (χ0n) is 10.4. The minimum Gasteiger partial charge on any atom is -0.315 e. The van der Waals surface area contributed by atoms with E-state index in [0.717, 1.165) is 10.6 Å². The van der Waals surface area contributed by atoms with E-state index in [1.165, 1.54) is 0 Å². The van der Waals surface area contributed by atoms with Gasteiger partial charge in [-0.2, -0.15) is 0 Å². The Balaban J connectivity index is 2.50. The molecule has 0 bridgehead atoms. The smallest absolute Gasteiger partial charge is 0.315 e. The summed E-state index contributed by atoms with van der Waals surface area (Å²) in [5.74, 6) is 0.426. The fourth-order valence-electron chi connectivity index (χ4n) is 1.18. The van der Waals surface area contributed by atoms with Crippen LogP contribution < -0.4 is 10.6 Å². The summed E-state index contributed by atoms with van der Waals surface area (Å²) in [6.45, 7) is 4.11. The molecule has 17 heavy (non-hydrogen) atoms. The Kier molecular flexibility index (Phi) is 5.63. The van der Waals surface area contributed by atoms with Gasteiger partial charge in [-0.1, -0.05) is 26.0 Å². The Morgan fingerprint density at radius 2 is 2.18 bits per heavy atom. The Bertz CT molecular complexity index is 402. The third-order valence-corrected chi connectivity index (χ3v) is 2.75. The molecule has 1 aromatic carbocycles. The van der Waals surface area contributed by atoms with Crippen molar-refractivity contribution in [2.24, 2.45) is 5.92 Å². The molecule has 92 valence electrons. The van der Waals surface area contributed by atoms with E-state index in [1.807, 2.05) is 36.6 Å². The number of benzene rings is 1. The average molecular weight is 250 g/mol. The minimum atomic E-state index is -0.222. The van der Waals surface area contributed by atoms with E-state index in [0.29, 0.717) is 5.92 Å². The third kappa shape index (κ3) is 5.45. The van der Waals surface area contributed by atoms with Gasteiger partial charge in [-0.3, -0.25) is 0 Å². The predicted molar refractivity (Wildman–Crippen MR) is 74.4 cm³/mol. The fourth-order valence-corrected chi connectivity index (χ4v) is 1.64. The Hall–Kier alpha value is -1.42. The van der Waals surface area contributed by atoms with Crippen LogP contribution in [0.1, 0.15) is 13.8 Å². The summed E-state index contributed by atoms with van der Waals surface area (Å²) in [4.78, 5) is 12.6. The van der Waals surface area contributed by atoms with Gasteiger partial charge >= 0.3 is 6.03 Å². The highest BCUT2D eigenvalue weighted by Gasteiger charge is 1.99. The van der Waals surface area contributed by atoms with Crippen LogP contribution in [-0.2, 0) is 0 Å². The molecule has 0 spiro atoms. The van der Waals surface area contributed by atoms with Gasteiger partial charge in [-0.15, -0.1) is 11.8 Å². The second kappa shape index (κ2) is 7.01. The number of allylic oxidation sites excluding steroid dienone is 1. The number of hydrogen-bond donors (Lipinski definition) is 2. The van der Waals surface area contributed by atoms with Crippen LogP contribution in [0.5, 0.6) is 0 Å². The molecule has 2 amide bonds. The molecule has 0 fully saturated rings. The van der Waals surface area contributed by atoms with Gasteiger partial charge in [0.1, 0.15) is 0 Å². The SMILES string of the molecule is CSc1cccc(NC(=O)N/C=C/C(C)C)c1. The lowest BCUT2D eigenvalue weighted by molar-refractivity contribution is 0.255. The minimum absolute atomic E-state index is 0.222. The van der Waals surface area contributed by atoms with Crippen molar-refractivity contribution in [2.45, 2.75) is 18.7 Å². The summed E-state index contributed by atoms with van der Waals surface area (Å²) in [5, 5.41) is 5.44. The summed E-state index contributed by atoms with van der Waals surface area (Å²) < 4.78 is 0. The molecule has 0 radical (unpaired) electrons. The number of anilines is 1. The first kappa shape index (κ1) is 13.6. The molecule has 0 aliphatic rings. The van der Waals surface area contributed by atoms with Crippen LogP contribution in [0.25, 0.3) is 0 Å². The largest absolute Gasteiger partial charge is 0.323 e. The summed E-state index contributed by atoms with van der Waals surface area (Å²) in [5.41, 5.74) is 0.798. The number of carbonyl (C=O) groups excluding carboxylic acids is 1. The molecule has 2 N–H and O–H groups in total. The van der Waals surface area contributed by atoms with Gasteiger partial charge < -0.3 is 10.6 Å². The summed E-state index contributed by atoms with van der Waals surface area (Å²) in [6.07, 6.45) is 5.60. The summed E-state index contributed by atoms with van der Waals surface area (Å²) in [7, 11) is 0. The molecule has 0 unspecified atom stereocenters. The first-order valence-electron chi connectivity index (χ1n) is 5.50. The van der Waals surface area contributed by atoms with E-state index in [-0.39, 0.29) is 6.03 Å². The zero-order chi connectivity index (χ0) is 12.7. The van der Waals surface area contributed by atoms with E-state index in [1.54, 1.807) is 18.0 Å². The van der Waals surface area contributed by atoms with Crippen LogP contribution in [0.4, 0.5) is 10.5 Å². The van der Waals surface area contributed by atoms with E-state index in [9.17, 15) is 4.79 Å². The molecular formula is C13H18N2OS. The molecular weight excluding hydrogens is 232 g/mol. The van der Waals surface area contributed by atoms with Crippen molar-refractivity contribution in [2.75, 3.05) is 11.6 Å². The van der Waals surface area contributed by atoms with Gasteiger partial charge in [0.2, 0.25) is 0 Å². The highest BCUT2D eigenvalue weighted by atomic mass is 32.2. The molecule has 0 heterocycles. The third-order valence-electron chi connectivity index (χ3n) is 2.02. The zero-order valence-corrected chi connectivity index (χ0v) is 11.2. The molecule has 0 aromatic heterocycles. The summed E-state index contributed by atoms with van der Waals surface area (Å²) in [6, 6.07) is 7.51. The normalized spacial score (nSPS) is 10.8. The van der Waals surface area contributed by atoms with Crippen molar-refractivity contribution in [1.29, 1.82) is 0 Å². The molecule has 3 nitrogen and oxygen atoms in total. The summed E-state index contributed by atoms with van der Waals surface area (Å²) >= 11 is 1.65. The number of rotatable bonds is 4. The molecule has 4 heteroatoms. The Labute approximate surface area is 107 Å². The maximum absolute atomic E-state index is 11.5. The van der Waals surface area contributed by atoms with Crippen molar-refractivity contribution < 1.29 is 4.79 Å². The van der Waals surface area contributed by atoms with Gasteiger partial charge in [-0.25, -0.2) is 4.79 Å². The highest BCUT2D eigenvalue weighted by molar-refractivity contribution is 7.98. The van der Waals surface area contributed by atoms with Gasteiger partial charge in [0.25, 0.3) is 0 Å². The van der Waals surface area contributed by atoms with Crippen LogP contribution >= 0.6 is 11.8 Å². The molecule has 0 aliphatic heterocycles. The van der Waals surface area contributed by atoms with Gasteiger partial charge in [-0.05, 0) is 30.4 Å². The molecule has 0 saturated carbocycles. The maximum atomic E-state index is 11.5. The highest BCUT2D eigenvalue weighted by Crippen LogP contribution is 2.18. The van der Waals surface area contributed by atoms with E-state index < -0.39 is 0 Å². The van der Waals surface area contributed by atoms with Crippen LogP contribution in [0.15, 0.2) is 41.4 Å². The van der Waals surface area contributed by atoms with Crippen molar-refractivity contribution >= 4 is 23.5 Å². The van der Waals surface area contributed by atoms with E-state index >= 15 is 0 Å². The van der Waals surface area contributed by atoms with Crippen LogP contribution in [0, 0.1) is 5.92 Å². The van der Waals surface area contributed by atoms with Crippen LogP contribution in [0.2, 0.25) is 0 Å². The fraction of sp³-hybridized carbons (Fsp3) is 0.308. The lowest BCUT2D eigenvalue weighted by Crippen LogP contribution is -2.23. The lowest BCUT2D eigenvalue weighted by atomic mass is 10.2. The molecule has 0 saturated heterocycles. The number of thioether (sulfide) groups is 1. The first-order chi connectivity index (χ1) is 8.11. The predicted octanol–water partition coefficient (Wildman–Crippen LogP) is 3.70. The number of amides is 2. The second-order valence-corrected chi connectivity index (χ2v) is 4.81. The topological polar surface area (TPSA) is 41.1 Å². The quantitative estimate of drug-likeness (QED) is 0.800. The second-order valence-electron chi connectivity index (χ2n) is 3.93. The number of urea groups is 1. The van der Waals surface area contributed by atoms with Crippen molar-refractivity contribution in [3.05, 3.63) is 36.5 Å². The van der Waals surface area contributed by atoms with Crippen molar-refractivity contribution in [1.82, 2.24) is 5.32 Å². The molecule has 1 aromatic rings.